The summed E-state index contributed by atoms with van der Waals surface area (Å²) in [7, 11) is 0. The molecule has 0 fully saturated rings. The van der Waals surface area contributed by atoms with Crippen molar-refractivity contribution in [2.24, 2.45) is 5.92 Å². The van der Waals surface area contributed by atoms with E-state index in [0.717, 1.165) is 54.7 Å². The van der Waals surface area contributed by atoms with E-state index in [4.69, 9.17) is 19.7 Å². The molecule has 0 aliphatic heterocycles. The van der Waals surface area contributed by atoms with Crippen LogP contribution in [-0.4, -0.2) is 35.4 Å². The van der Waals surface area contributed by atoms with Crippen LogP contribution in [0.1, 0.15) is 53.6 Å². The molecule has 0 aliphatic carbocycles. The zero-order valence-electron chi connectivity index (χ0n) is 21.6. The maximum atomic E-state index is 11.1. The first-order valence-corrected chi connectivity index (χ1v) is 13.1. The van der Waals surface area contributed by atoms with Crippen molar-refractivity contribution in [1.29, 1.82) is 0 Å². The van der Waals surface area contributed by atoms with E-state index in [1.807, 2.05) is 60.7 Å². The molecule has 0 heterocycles. The Morgan fingerprint density at radius 3 is 2.24 bits per heavy atom. The molecule has 200 valence electrons. The number of para-hydroxylation sites is 2. The van der Waals surface area contributed by atoms with Gasteiger partial charge in [0, 0.05) is 12.8 Å². The van der Waals surface area contributed by atoms with E-state index < -0.39 is 11.9 Å². The van der Waals surface area contributed by atoms with Gasteiger partial charge in [-0.15, -0.1) is 0 Å². The summed E-state index contributed by atoms with van der Waals surface area (Å²) >= 11 is 0. The standard InChI is InChI=1S/C32H36O6/c33-31(34)17-7-4-10-25(24-26-18-20-28(21-19-26)32(35)36)11-8-13-27-12-5-6-16-30(27)38-23-9-22-37-29-14-2-1-3-15-29/h1-3,5-6,8,11-12,14-16,18-21,25H,4,7,9-10,13,17,22-24H2,(H,33,34)(H,35,36)/b11-8-. The van der Waals surface area contributed by atoms with Gasteiger partial charge in [0.25, 0.3) is 0 Å². The summed E-state index contributed by atoms with van der Waals surface area (Å²) in [6.07, 6.45) is 9.10. The minimum atomic E-state index is -0.939. The number of hydrogen-bond acceptors (Lipinski definition) is 4. The van der Waals surface area contributed by atoms with Crippen LogP contribution in [0.15, 0.2) is 91.0 Å². The van der Waals surface area contributed by atoms with Gasteiger partial charge in [0.15, 0.2) is 0 Å². The van der Waals surface area contributed by atoms with E-state index in [9.17, 15) is 9.59 Å². The van der Waals surface area contributed by atoms with Gasteiger partial charge in [-0.3, -0.25) is 4.79 Å². The Labute approximate surface area is 224 Å². The Bertz CT molecular complexity index is 1150. The number of aliphatic carboxylic acids is 1. The summed E-state index contributed by atoms with van der Waals surface area (Å²) in [6, 6.07) is 24.7. The van der Waals surface area contributed by atoms with Crippen LogP contribution < -0.4 is 9.47 Å². The molecule has 0 radical (unpaired) electrons. The van der Waals surface area contributed by atoms with E-state index in [2.05, 4.69) is 18.2 Å². The molecule has 3 aromatic carbocycles. The predicted molar refractivity (Wildman–Crippen MR) is 148 cm³/mol. The van der Waals surface area contributed by atoms with Crippen LogP contribution >= 0.6 is 0 Å². The average Bonchev–Trinajstić information content (AvgIpc) is 2.92. The maximum Gasteiger partial charge on any atom is 0.335 e. The minimum absolute atomic E-state index is 0.171. The third-order valence-electron chi connectivity index (χ3n) is 6.19. The second kappa shape index (κ2) is 15.9. The van der Waals surface area contributed by atoms with Gasteiger partial charge >= 0.3 is 11.9 Å². The smallest absolute Gasteiger partial charge is 0.335 e. The van der Waals surface area contributed by atoms with Gasteiger partial charge in [-0.25, -0.2) is 4.79 Å². The highest BCUT2D eigenvalue weighted by Crippen LogP contribution is 2.22. The third kappa shape index (κ3) is 10.5. The number of ether oxygens (including phenoxy) is 2. The molecule has 1 atom stereocenters. The van der Waals surface area contributed by atoms with Crippen LogP contribution in [0.25, 0.3) is 0 Å². The Morgan fingerprint density at radius 1 is 0.789 bits per heavy atom. The first-order valence-electron chi connectivity index (χ1n) is 13.1. The van der Waals surface area contributed by atoms with Crippen molar-refractivity contribution >= 4 is 11.9 Å². The molecule has 0 amide bonds. The summed E-state index contributed by atoms with van der Waals surface area (Å²) in [5.74, 6) is 0.228. The largest absolute Gasteiger partial charge is 0.493 e. The third-order valence-corrected chi connectivity index (χ3v) is 6.19. The van der Waals surface area contributed by atoms with Crippen LogP contribution in [0.5, 0.6) is 11.5 Å². The fraction of sp³-hybridized carbons (Fsp3) is 0.312. The Hall–Kier alpha value is -4.06. The second-order valence-corrected chi connectivity index (χ2v) is 9.21. The van der Waals surface area contributed by atoms with Crippen LogP contribution in [-0.2, 0) is 17.6 Å². The molecule has 6 heteroatoms. The van der Waals surface area contributed by atoms with Gasteiger partial charge in [-0.2, -0.15) is 0 Å². The number of benzene rings is 3. The van der Waals surface area contributed by atoms with Gasteiger partial charge in [-0.05, 0) is 73.1 Å². The van der Waals surface area contributed by atoms with Gasteiger partial charge in [0.1, 0.15) is 11.5 Å². The van der Waals surface area contributed by atoms with E-state index >= 15 is 0 Å². The normalized spacial score (nSPS) is 11.8. The number of allylic oxidation sites excluding steroid dienone is 2. The molecule has 1 unspecified atom stereocenters. The molecule has 0 bridgehead atoms. The van der Waals surface area contributed by atoms with Crippen molar-refractivity contribution < 1.29 is 29.3 Å². The molecule has 0 saturated heterocycles. The molecule has 6 nitrogen and oxygen atoms in total. The van der Waals surface area contributed by atoms with Crippen molar-refractivity contribution in [1.82, 2.24) is 0 Å². The number of carboxylic acids is 2. The highest BCUT2D eigenvalue weighted by molar-refractivity contribution is 5.87. The SMILES string of the molecule is O=C(O)CCCCC(/C=C\Cc1ccccc1OCCCOc1ccccc1)Cc1ccc(C(=O)O)cc1. The fourth-order valence-electron chi connectivity index (χ4n) is 4.18. The highest BCUT2D eigenvalue weighted by atomic mass is 16.5. The minimum Gasteiger partial charge on any atom is -0.493 e. The number of carbonyl (C=O) groups is 2. The van der Waals surface area contributed by atoms with E-state index in [1.165, 1.54) is 0 Å². The van der Waals surface area contributed by atoms with Crippen molar-refractivity contribution in [3.63, 3.8) is 0 Å². The van der Waals surface area contributed by atoms with Crippen molar-refractivity contribution in [3.05, 3.63) is 108 Å². The summed E-state index contributed by atoms with van der Waals surface area (Å²) in [5.41, 5.74) is 2.43. The zero-order valence-corrected chi connectivity index (χ0v) is 21.6. The number of rotatable bonds is 17. The molecule has 0 saturated carbocycles. The first kappa shape index (κ1) is 28.5. The molecule has 3 aromatic rings. The predicted octanol–water partition coefficient (Wildman–Crippen LogP) is 6.84. The summed E-state index contributed by atoms with van der Waals surface area (Å²) in [4.78, 5) is 22.0. The van der Waals surface area contributed by atoms with Crippen molar-refractivity contribution in [3.8, 4) is 11.5 Å². The maximum absolute atomic E-state index is 11.1. The van der Waals surface area contributed by atoms with Crippen LogP contribution in [0, 0.1) is 5.92 Å². The van der Waals surface area contributed by atoms with Gasteiger partial charge in [0.05, 0.1) is 18.8 Å². The zero-order chi connectivity index (χ0) is 27.0. The molecule has 0 spiro atoms. The van der Waals surface area contributed by atoms with E-state index in [1.54, 1.807) is 12.1 Å². The molecule has 2 N–H and O–H groups in total. The lowest BCUT2D eigenvalue weighted by atomic mass is 9.92. The number of unbranched alkanes of at least 4 members (excludes halogenated alkanes) is 1. The lowest BCUT2D eigenvalue weighted by Crippen LogP contribution is -2.06. The molecule has 0 aromatic heterocycles. The topological polar surface area (TPSA) is 93.1 Å². The van der Waals surface area contributed by atoms with E-state index in [0.29, 0.717) is 19.6 Å². The quantitative estimate of drug-likeness (QED) is 0.151. The van der Waals surface area contributed by atoms with Gasteiger partial charge in [0.2, 0.25) is 0 Å². The highest BCUT2D eigenvalue weighted by Gasteiger charge is 2.10. The number of hydrogen-bond donors (Lipinski definition) is 2. The monoisotopic (exact) mass is 516 g/mol. The lowest BCUT2D eigenvalue weighted by Gasteiger charge is -2.14. The Kier molecular flexibility index (Phi) is 11.9. The second-order valence-electron chi connectivity index (χ2n) is 9.21. The van der Waals surface area contributed by atoms with Gasteiger partial charge in [-0.1, -0.05) is 67.1 Å². The summed E-state index contributed by atoms with van der Waals surface area (Å²) in [6.45, 7) is 1.15. The van der Waals surface area contributed by atoms with Crippen LogP contribution in [0.2, 0.25) is 0 Å². The number of carboxylic acid groups (broad SMARTS) is 2. The Balaban J connectivity index is 1.54. The molecular formula is C32H36O6. The molecule has 38 heavy (non-hydrogen) atoms. The fourth-order valence-corrected chi connectivity index (χ4v) is 4.18. The first-order chi connectivity index (χ1) is 18.5. The summed E-state index contributed by atoms with van der Waals surface area (Å²) in [5, 5.41) is 18.1. The molecule has 3 rings (SSSR count). The Morgan fingerprint density at radius 2 is 1.50 bits per heavy atom. The molecular weight excluding hydrogens is 480 g/mol. The van der Waals surface area contributed by atoms with Gasteiger partial charge < -0.3 is 19.7 Å². The van der Waals surface area contributed by atoms with Crippen molar-refractivity contribution in [2.75, 3.05) is 13.2 Å². The number of aromatic carboxylic acids is 1. The van der Waals surface area contributed by atoms with Crippen LogP contribution in [0.3, 0.4) is 0 Å². The lowest BCUT2D eigenvalue weighted by molar-refractivity contribution is -0.137. The molecule has 0 aliphatic rings. The van der Waals surface area contributed by atoms with Crippen molar-refractivity contribution in [2.45, 2.75) is 44.9 Å². The summed E-state index contributed by atoms with van der Waals surface area (Å²) < 4.78 is 11.8. The average molecular weight is 517 g/mol. The van der Waals surface area contributed by atoms with E-state index in [-0.39, 0.29) is 17.9 Å². The van der Waals surface area contributed by atoms with Crippen LogP contribution in [0.4, 0.5) is 0 Å².